The van der Waals surface area contributed by atoms with Gasteiger partial charge in [-0.2, -0.15) is 0 Å². The molecule has 0 heterocycles. The van der Waals surface area contributed by atoms with E-state index in [2.05, 4.69) is 6.92 Å². The molecule has 0 amide bonds. The molecule has 0 bridgehead atoms. The molecule has 1 N–H and O–H groups in total. The molecule has 0 spiro atoms. The fourth-order valence-electron chi connectivity index (χ4n) is 1.48. The highest BCUT2D eigenvalue weighted by molar-refractivity contribution is 4.94. The van der Waals surface area contributed by atoms with Gasteiger partial charge in [-0.1, -0.05) is 6.92 Å². The van der Waals surface area contributed by atoms with Gasteiger partial charge in [0.05, 0.1) is 6.10 Å². The highest BCUT2D eigenvalue weighted by Gasteiger charge is 2.43. The molecule has 1 unspecified atom stereocenters. The Morgan fingerprint density at radius 3 is 2.45 bits per heavy atom. The van der Waals surface area contributed by atoms with Gasteiger partial charge in [0.25, 0.3) is 0 Å². The Hall–Kier alpha value is -0.0800. The molecule has 1 rings (SSSR count). The van der Waals surface area contributed by atoms with Crippen molar-refractivity contribution in [2.45, 2.75) is 38.7 Å². The lowest BCUT2D eigenvalue weighted by molar-refractivity contribution is 0.0583. The minimum Gasteiger partial charge on any atom is -0.396 e. The lowest BCUT2D eigenvalue weighted by Gasteiger charge is -2.18. The quantitative estimate of drug-likeness (QED) is 0.658. The van der Waals surface area contributed by atoms with E-state index < -0.39 is 0 Å². The predicted octanol–water partition coefficient (Wildman–Crippen LogP) is 1.57. The molecule has 0 aromatic heterocycles. The third-order valence-electron chi connectivity index (χ3n) is 2.74. The average molecular weight is 158 g/mol. The van der Waals surface area contributed by atoms with Gasteiger partial charge >= 0.3 is 0 Å². The molecule has 2 nitrogen and oxygen atoms in total. The van der Waals surface area contributed by atoms with Crippen molar-refractivity contribution in [3.63, 3.8) is 0 Å². The van der Waals surface area contributed by atoms with Crippen LogP contribution in [0, 0.1) is 5.41 Å². The van der Waals surface area contributed by atoms with Crippen LogP contribution in [0.25, 0.3) is 0 Å². The Kier molecular flexibility index (Phi) is 2.90. The molecule has 1 atom stereocenters. The number of hydrogen-bond acceptors (Lipinski definition) is 2. The molecule has 1 fully saturated rings. The summed E-state index contributed by atoms with van der Waals surface area (Å²) in [4.78, 5) is 0. The first-order valence-corrected chi connectivity index (χ1v) is 4.40. The van der Waals surface area contributed by atoms with Crippen LogP contribution in [0.2, 0.25) is 0 Å². The van der Waals surface area contributed by atoms with Crippen LogP contribution in [0.15, 0.2) is 0 Å². The Bertz CT molecular complexity index is 115. The Labute approximate surface area is 68.6 Å². The molecule has 0 aliphatic heterocycles. The van der Waals surface area contributed by atoms with Gasteiger partial charge in [-0.05, 0) is 31.1 Å². The standard InChI is InChI=1S/C9H18O2/c1-3-8(11-2)6-9(7-10)4-5-9/h8,10H,3-7H2,1-2H3. The molecule has 0 aromatic rings. The van der Waals surface area contributed by atoms with Crippen LogP contribution in [-0.2, 0) is 4.74 Å². The third-order valence-corrected chi connectivity index (χ3v) is 2.74. The van der Waals surface area contributed by atoms with Crippen LogP contribution in [0.5, 0.6) is 0 Å². The zero-order valence-electron chi connectivity index (χ0n) is 7.47. The minimum absolute atomic E-state index is 0.247. The van der Waals surface area contributed by atoms with E-state index in [0.717, 1.165) is 12.8 Å². The molecule has 1 saturated carbocycles. The van der Waals surface area contributed by atoms with Crippen molar-refractivity contribution in [3.8, 4) is 0 Å². The third kappa shape index (κ3) is 2.17. The van der Waals surface area contributed by atoms with Crippen LogP contribution >= 0.6 is 0 Å². The first-order valence-electron chi connectivity index (χ1n) is 4.40. The van der Waals surface area contributed by atoms with Gasteiger partial charge in [0.15, 0.2) is 0 Å². The molecule has 2 heteroatoms. The van der Waals surface area contributed by atoms with Crippen molar-refractivity contribution < 1.29 is 9.84 Å². The van der Waals surface area contributed by atoms with Gasteiger partial charge in [0.2, 0.25) is 0 Å². The van der Waals surface area contributed by atoms with Crippen molar-refractivity contribution in [1.29, 1.82) is 0 Å². The molecule has 1 aliphatic rings. The van der Waals surface area contributed by atoms with E-state index in [-0.39, 0.29) is 5.41 Å². The highest BCUT2D eigenvalue weighted by Crippen LogP contribution is 2.49. The summed E-state index contributed by atoms with van der Waals surface area (Å²) >= 11 is 0. The Morgan fingerprint density at radius 1 is 1.55 bits per heavy atom. The summed E-state index contributed by atoms with van der Waals surface area (Å²) in [6.45, 7) is 2.47. The highest BCUT2D eigenvalue weighted by atomic mass is 16.5. The van der Waals surface area contributed by atoms with E-state index in [4.69, 9.17) is 9.84 Å². The second-order valence-corrected chi connectivity index (χ2v) is 3.63. The van der Waals surface area contributed by atoms with Crippen LogP contribution in [0.3, 0.4) is 0 Å². The lowest BCUT2D eigenvalue weighted by atomic mass is 9.98. The maximum Gasteiger partial charge on any atom is 0.0574 e. The van der Waals surface area contributed by atoms with Crippen molar-refractivity contribution in [2.24, 2.45) is 5.41 Å². The lowest BCUT2D eigenvalue weighted by Crippen LogP contribution is -2.18. The summed E-state index contributed by atoms with van der Waals surface area (Å²) in [5.41, 5.74) is 0.247. The zero-order valence-corrected chi connectivity index (χ0v) is 7.47. The summed E-state index contributed by atoms with van der Waals surface area (Å²) in [6, 6.07) is 0. The number of rotatable bonds is 5. The van der Waals surface area contributed by atoms with Gasteiger partial charge in [0.1, 0.15) is 0 Å². The van der Waals surface area contributed by atoms with Crippen LogP contribution in [0.4, 0.5) is 0 Å². The molecular formula is C9H18O2. The number of methoxy groups -OCH3 is 1. The molecule has 0 saturated heterocycles. The largest absolute Gasteiger partial charge is 0.396 e. The number of hydrogen-bond donors (Lipinski definition) is 1. The Balaban J connectivity index is 2.27. The maximum atomic E-state index is 9.04. The zero-order chi connectivity index (χ0) is 8.32. The second kappa shape index (κ2) is 3.55. The molecule has 0 aromatic carbocycles. The Morgan fingerprint density at radius 2 is 2.18 bits per heavy atom. The molecule has 1 aliphatic carbocycles. The summed E-state index contributed by atoms with van der Waals surface area (Å²) in [5.74, 6) is 0. The minimum atomic E-state index is 0.247. The van der Waals surface area contributed by atoms with Crippen molar-refractivity contribution >= 4 is 0 Å². The summed E-state index contributed by atoms with van der Waals surface area (Å²) in [5, 5.41) is 9.04. The van der Waals surface area contributed by atoms with E-state index in [9.17, 15) is 0 Å². The van der Waals surface area contributed by atoms with Gasteiger partial charge in [-0.25, -0.2) is 0 Å². The number of aliphatic hydroxyl groups excluding tert-OH is 1. The number of aliphatic hydroxyl groups is 1. The summed E-state index contributed by atoms with van der Waals surface area (Å²) in [6.07, 6.45) is 4.81. The molecular weight excluding hydrogens is 140 g/mol. The SMILES string of the molecule is CCC(CC1(CO)CC1)OC. The predicted molar refractivity (Wildman–Crippen MR) is 44.5 cm³/mol. The van der Waals surface area contributed by atoms with Crippen LogP contribution in [0.1, 0.15) is 32.6 Å². The van der Waals surface area contributed by atoms with E-state index in [1.165, 1.54) is 12.8 Å². The van der Waals surface area contributed by atoms with E-state index in [1.807, 2.05) is 0 Å². The first-order chi connectivity index (χ1) is 5.26. The summed E-state index contributed by atoms with van der Waals surface area (Å²) in [7, 11) is 1.75. The second-order valence-electron chi connectivity index (χ2n) is 3.63. The van der Waals surface area contributed by atoms with Crippen molar-refractivity contribution in [1.82, 2.24) is 0 Å². The molecule has 0 radical (unpaired) electrons. The van der Waals surface area contributed by atoms with Crippen LogP contribution in [-0.4, -0.2) is 24.9 Å². The van der Waals surface area contributed by atoms with E-state index in [0.29, 0.717) is 12.7 Å². The van der Waals surface area contributed by atoms with E-state index >= 15 is 0 Å². The van der Waals surface area contributed by atoms with Crippen molar-refractivity contribution in [2.75, 3.05) is 13.7 Å². The average Bonchev–Trinajstić information content (AvgIpc) is 2.81. The van der Waals surface area contributed by atoms with E-state index in [1.54, 1.807) is 7.11 Å². The maximum absolute atomic E-state index is 9.04. The number of ether oxygens (including phenoxy) is 1. The fraction of sp³-hybridized carbons (Fsp3) is 1.00. The topological polar surface area (TPSA) is 29.5 Å². The van der Waals surface area contributed by atoms with Crippen molar-refractivity contribution in [3.05, 3.63) is 0 Å². The van der Waals surface area contributed by atoms with Gasteiger partial charge < -0.3 is 9.84 Å². The van der Waals surface area contributed by atoms with Gasteiger partial charge in [0, 0.05) is 13.7 Å². The molecule has 11 heavy (non-hydrogen) atoms. The fourth-order valence-corrected chi connectivity index (χ4v) is 1.48. The normalized spacial score (nSPS) is 23.2. The van der Waals surface area contributed by atoms with Crippen LogP contribution < -0.4 is 0 Å². The molecule has 66 valence electrons. The summed E-state index contributed by atoms with van der Waals surface area (Å²) < 4.78 is 5.27. The van der Waals surface area contributed by atoms with Gasteiger partial charge in [-0.15, -0.1) is 0 Å². The monoisotopic (exact) mass is 158 g/mol. The smallest absolute Gasteiger partial charge is 0.0574 e. The van der Waals surface area contributed by atoms with Gasteiger partial charge in [-0.3, -0.25) is 0 Å². The first kappa shape index (κ1) is 9.01.